The van der Waals surface area contributed by atoms with Crippen LogP contribution < -0.4 is 5.32 Å². The van der Waals surface area contributed by atoms with E-state index in [-0.39, 0.29) is 36.8 Å². The highest BCUT2D eigenvalue weighted by Gasteiger charge is 2.31. The Morgan fingerprint density at radius 3 is 2.61 bits per heavy atom. The topological polar surface area (TPSA) is 44.8 Å². The van der Waals surface area contributed by atoms with Crippen LogP contribution in [0.4, 0.5) is 0 Å². The van der Waals surface area contributed by atoms with Gasteiger partial charge in [-0.15, -0.1) is 24.8 Å². The third-order valence-corrected chi connectivity index (χ3v) is 3.33. The number of hydrogen-bond donors (Lipinski definition) is 1. The molecular formula is C11H23Cl2N3O2. The number of carbonyl (C=O) groups excluding carboxylic acids is 1. The van der Waals surface area contributed by atoms with Gasteiger partial charge in [0.15, 0.2) is 0 Å². The highest BCUT2D eigenvalue weighted by molar-refractivity contribution is 5.85. The molecule has 0 aromatic rings. The summed E-state index contributed by atoms with van der Waals surface area (Å²) in [6.45, 7) is 6.85. The lowest BCUT2D eigenvalue weighted by Gasteiger charge is -2.40. The molecule has 2 unspecified atom stereocenters. The highest BCUT2D eigenvalue weighted by atomic mass is 35.5. The zero-order valence-corrected chi connectivity index (χ0v) is 12.6. The molecule has 2 rings (SSSR count). The van der Waals surface area contributed by atoms with Crippen molar-refractivity contribution in [3.8, 4) is 0 Å². The number of morpholine rings is 1. The molecule has 2 aliphatic heterocycles. The summed E-state index contributed by atoms with van der Waals surface area (Å²) in [5.41, 5.74) is 0. The van der Waals surface area contributed by atoms with E-state index in [1.165, 1.54) is 0 Å². The first-order chi connectivity index (χ1) is 7.68. The van der Waals surface area contributed by atoms with Crippen molar-refractivity contribution in [2.75, 3.05) is 46.4 Å². The minimum absolute atomic E-state index is 0. The van der Waals surface area contributed by atoms with E-state index in [0.29, 0.717) is 19.3 Å². The van der Waals surface area contributed by atoms with Gasteiger partial charge >= 0.3 is 0 Å². The Kier molecular flexibility index (Phi) is 8.14. The van der Waals surface area contributed by atoms with E-state index in [9.17, 15) is 4.79 Å². The van der Waals surface area contributed by atoms with Crippen molar-refractivity contribution in [1.82, 2.24) is 15.1 Å². The van der Waals surface area contributed by atoms with Crippen LogP contribution in [0.15, 0.2) is 0 Å². The standard InChI is InChI=1S/C11H21N3O2.2ClH/c1-9-7-13(2)4-5-14(9)11(15)10-8-16-6-3-12-10;;/h9-10,12H,3-8H2,1-2H3;2*1H. The van der Waals surface area contributed by atoms with Crippen LogP contribution in [0.2, 0.25) is 0 Å². The number of ether oxygens (including phenoxy) is 1. The summed E-state index contributed by atoms with van der Waals surface area (Å²) >= 11 is 0. The second-order valence-electron chi connectivity index (χ2n) is 4.72. The molecule has 0 radical (unpaired) electrons. The molecule has 18 heavy (non-hydrogen) atoms. The van der Waals surface area contributed by atoms with E-state index in [1.54, 1.807) is 0 Å². The van der Waals surface area contributed by atoms with Crippen molar-refractivity contribution < 1.29 is 9.53 Å². The number of halogens is 2. The Hall–Kier alpha value is -0.0700. The largest absolute Gasteiger partial charge is 0.378 e. The van der Waals surface area contributed by atoms with Crippen LogP contribution in [0, 0.1) is 0 Å². The second-order valence-corrected chi connectivity index (χ2v) is 4.72. The monoisotopic (exact) mass is 299 g/mol. The molecule has 0 aromatic heterocycles. The summed E-state index contributed by atoms with van der Waals surface area (Å²) in [7, 11) is 2.10. The lowest BCUT2D eigenvalue weighted by Crippen LogP contribution is -2.59. The van der Waals surface area contributed by atoms with Crippen LogP contribution in [0.25, 0.3) is 0 Å². The summed E-state index contributed by atoms with van der Waals surface area (Å²) in [5, 5.41) is 3.22. The molecule has 2 fully saturated rings. The van der Waals surface area contributed by atoms with Gasteiger partial charge in [-0.1, -0.05) is 0 Å². The minimum atomic E-state index is -0.139. The van der Waals surface area contributed by atoms with Gasteiger partial charge in [0, 0.05) is 32.2 Å². The fourth-order valence-corrected chi connectivity index (χ4v) is 2.39. The van der Waals surface area contributed by atoms with Crippen molar-refractivity contribution in [3.63, 3.8) is 0 Å². The molecule has 5 nitrogen and oxygen atoms in total. The maximum Gasteiger partial charge on any atom is 0.242 e. The van der Waals surface area contributed by atoms with Crippen LogP contribution in [0.1, 0.15) is 6.92 Å². The van der Waals surface area contributed by atoms with E-state index in [1.807, 2.05) is 4.90 Å². The number of nitrogens with zero attached hydrogens (tertiary/aromatic N) is 2. The zero-order chi connectivity index (χ0) is 11.5. The van der Waals surface area contributed by atoms with Crippen molar-refractivity contribution in [1.29, 1.82) is 0 Å². The maximum atomic E-state index is 12.2. The van der Waals surface area contributed by atoms with Crippen LogP contribution in [0.3, 0.4) is 0 Å². The van der Waals surface area contributed by atoms with Gasteiger partial charge < -0.3 is 19.9 Å². The van der Waals surface area contributed by atoms with Gasteiger partial charge in [-0.25, -0.2) is 0 Å². The SMILES string of the molecule is CC1CN(C)CCN1C(=O)C1COCCN1.Cl.Cl. The van der Waals surface area contributed by atoms with Crippen molar-refractivity contribution >= 4 is 30.7 Å². The van der Waals surface area contributed by atoms with E-state index in [0.717, 1.165) is 26.2 Å². The van der Waals surface area contributed by atoms with Crippen LogP contribution in [-0.2, 0) is 9.53 Å². The van der Waals surface area contributed by atoms with Crippen molar-refractivity contribution in [2.45, 2.75) is 19.0 Å². The maximum absolute atomic E-state index is 12.2. The van der Waals surface area contributed by atoms with E-state index in [2.05, 4.69) is 24.2 Å². The third kappa shape index (κ3) is 4.24. The Labute approximate surface area is 121 Å². The van der Waals surface area contributed by atoms with Crippen LogP contribution in [0.5, 0.6) is 0 Å². The molecule has 108 valence electrons. The van der Waals surface area contributed by atoms with Gasteiger partial charge in [0.05, 0.1) is 13.2 Å². The normalized spacial score (nSPS) is 29.1. The highest BCUT2D eigenvalue weighted by Crippen LogP contribution is 2.10. The van der Waals surface area contributed by atoms with E-state index >= 15 is 0 Å². The fourth-order valence-electron chi connectivity index (χ4n) is 2.39. The molecule has 0 aromatic carbocycles. The molecule has 0 bridgehead atoms. The van der Waals surface area contributed by atoms with E-state index in [4.69, 9.17) is 4.74 Å². The Morgan fingerprint density at radius 1 is 1.33 bits per heavy atom. The molecular weight excluding hydrogens is 277 g/mol. The molecule has 0 saturated carbocycles. The number of carbonyl (C=O) groups is 1. The molecule has 2 heterocycles. The number of likely N-dealkylation sites (N-methyl/N-ethyl adjacent to an activating group) is 1. The molecule has 1 amide bonds. The zero-order valence-electron chi connectivity index (χ0n) is 10.9. The lowest BCUT2D eigenvalue weighted by molar-refractivity contribution is -0.140. The Bertz CT molecular complexity index is 263. The second kappa shape index (κ2) is 8.17. The molecule has 7 heteroatoms. The van der Waals surface area contributed by atoms with Gasteiger partial charge in [-0.3, -0.25) is 4.79 Å². The molecule has 2 saturated heterocycles. The number of hydrogen-bond acceptors (Lipinski definition) is 4. The number of piperazine rings is 1. The fraction of sp³-hybridized carbons (Fsp3) is 0.909. The predicted octanol–water partition coefficient (Wildman–Crippen LogP) is -0.0191. The van der Waals surface area contributed by atoms with E-state index < -0.39 is 0 Å². The first kappa shape index (κ1) is 17.9. The number of amides is 1. The minimum Gasteiger partial charge on any atom is -0.378 e. The summed E-state index contributed by atoms with van der Waals surface area (Å²) < 4.78 is 5.33. The van der Waals surface area contributed by atoms with Gasteiger partial charge in [0.1, 0.15) is 6.04 Å². The van der Waals surface area contributed by atoms with Crippen LogP contribution >= 0.6 is 24.8 Å². The molecule has 2 atom stereocenters. The summed E-state index contributed by atoms with van der Waals surface area (Å²) in [4.78, 5) is 16.5. The lowest BCUT2D eigenvalue weighted by atomic mass is 10.1. The smallest absolute Gasteiger partial charge is 0.242 e. The quantitative estimate of drug-likeness (QED) is 0.739. The summed E-state index contributed by atoms with van der Waals surface area (Å²) in [6.07, 6.45) is 0. The molecule has 2 aliphatic rings. The van der Waals surface area contributed by atoms with Gasteiger partial charge in [-0.05, 0) is 14.0 Å². The predicted molar refractivity (Wildman–Crippen MR) is 75.8 cm³/mol. The summed E-state index contributed by atoms with van der Waals surface area (Å²) in [5.74, 6) is 0.195. The number of nitrogens with one attached hydrogen (secondary N) is 1. The average molecular weight is 300 g/mol. The Morgan fingerprint density at radius 2 is 2.06 bits per heavy atom. The van der Waals surface area contributed by atoms with Gasteiger partial charge in [0.2, 0.25) is 5.91 Å². The van der Waals surface area contributed by atoms with Gasteiger partial charge in [0.25, 0.3) is 0 Å². The first-order valence-corrected chi connectivity index (χ1v) is 5.98. The molecule has 0 spiro atoms. The van der Waals surface area contributed by atoms with Crippen molar-refractivity contribution in [2.24, 2.45) is 0 Å². The van der Waals surface area contributed by atoms with Crippen molar-refractivity contribution in [3.05, 3.63) is 0 Å². The van der Waals surface area contributed by atoms with Crippen LogP contribution in [-0.4, -0.2) is 74.2 Å². The number of rotatable bonds is 1. The summed E-state index contributed by atoms with van der Waals surface area (Å²) in [6, 6.07) is 0.162. The average Bonchev–Trinajstić information content (AvgIpc) is 2.29. The third-order valence-electron chi connectivity index (χ3n) is 3.33. The first-order valence-electron chi connectivity index (χ1n) is 5.98. The van der Waals surface area contributed by atoms with Gasteiger partial charge in [-0.2, -0.15) is 0 Å². The molecule has 1 N–H and O–H groups in total. The molecule has 0 aliphatic carbocycles. The Balaban J connectivity index is 0.00000144.